The Kier molecular flexibility index (Phi) is 5.59. The van der Waals surface area contributed by atoms with Crippen molar-refractivity contribution in [3.8, 4) is 0 Å². The molecule has 1 aliphatic rings. The molecule has 0 bridgehead atoms. The normalized spacial score (nSPS) is 16.3. The quantitative estimate of drug-likeness (QED) is 0.611. The fourth-order valence-corrected chi connectivity index (χ4v) is 1.98. The van der Waals surface area contributed by atoms with Crippen LogP contribution in [0.15, 0.2) is 0 Å². The largest absolute Gasteiger partial charge is 0.480 e. The maximum absolute atomic E-state index is 11.9. The van der Waals surface area contributed by atoms with Gasteiger partial charge in [0.2, 0.25) is 5.91 Å². The predicted molar refractivity (Wildman–Crippen MR) is 68.4 cm³/mol. The fraction of sp³-hybridized carbons (Fsp3) is 0.750. The van der Waals surface area contributed by atoms with E-state index in [4.69, 9.17) is 10.8 Å². The number of nitrogens with one attached hydrogen (secondary N) is 1. The van der Waals surface area contributed by atoms with E-state index in [0.29, 0.717) is 19.0 Å². The van der Waals surface area contributed by atoms with Gasteiger partial charge < -0.3 is 21.1 Å². The molecule has 0 aromatic carbocycles. The van der Waals surface area contributed by atoms with Gasteiger partial charge in [0.15, 0.2) is 0 Å². The van der Waals surface area contributed by atoms with Crippen LogP contribution >= 0.6 is 0 Å². The van der Waals surface area contributed by atoms with E-state index < -0.39 is 30.4 Å². The fourth-order valence-electron chi connectivity index (χ4n) is 1.98. The first kappa shape index (κ1) is 15.3. The monoisotopic (exact) mass is 271 g/mol. The number of rotatable bonds is 7. The highest BCUT2D eigenvalue weighted by molar-refractivity contribution is 5.87. The summed E-state index contributed by atoms with van der Waals surface area (Å²) < 4.78 is 0. The highest BCUT2D eigenvalue weighted by atomic mass is 16.4. The Morgan fingerprint density at radius 1 is 1.42 bits per heavy atom. The molecule has 7 nitrogen and oxygen atoms in total. The Bertz CT molecular complexity index is 355. The molecule has 0 aliphatic heterocycles. The van der Waals surface area contributed by atoms with Gasteiger partial charge in [-0.25, -0.2) is 9.59 Å². The van der Waals surface area contributed by atoms with Crippen molar-refractivity contribution in [2.24, 2.45) is 11.7 Å². The summed E-state index contributed by atoms with van der Waals surface area (Å²) in [6.45, 7) is 2.97. The lowest BCUT2D eigenvalue weighted by Crippen LogP contribution is -2.50. The Morgan fingerprint density at radius 2 is 2.05 bits per heavy atom. The molecule has 1 rings (SSSR count). The molecule has 7 heteroatoms. The molecule has 3 amide bonds. The van der Waals surface area contributed by atoms with Crippen LogP contribution in [-0.4, -0.2) is 47.0 Å². The van der Waals surface area contributed by atoms with Gasteiger partial charge in [-0.15, -0.1) is 0 Å². The van der Waals surface area contributed by atoms with Crippen LogP contribution in [-0.2, 0) is 9.59 Å². The maximum atomic E-state index is 11.9. The highest BCUT2D eigenvalue weighted by Gasteiger charge is 2.27. The Morgan fingerprint density at radius 3 is 2.42 bits per heavy atom. The van der Waals surface area contributed by atoms with Crippen LogP contribution in [0.3, 0.4) is 0 Å². The summed E-state index contributed by atoms with van der Waals surface area (Å²) in [7, 11) is 0. The van der Waals surface area contributed by atoms with Gasteiger partial charge >= 0.3 is 12.0 Å². The lowest BCUT2D eigenvalue weighted by atomic mass is 9.85. The minimum Gasteiger partial charge on any atom is -0.480 e. The molecule has 0 spiro atoms. The zero-order valence-corrected chi connectivity index (χ0v) is 11.1. The third kappa shape index (κ3) is 4.76. The summed E-state index contributed by atoms with van der Waals surface area (Å²) in [6, 6.07) is -1.72. The molecule has 0 unspecified atom stereocenters. The topological polar surface area (TPSA) is 113 Å². The number of carboxylic acids is 1. The van der Waals surface area contributed by atoms with E-state index in [1.165, 1.54) is 6.42 Å². The van der Waals surface area contributed by atoms with Crippen molar-refractivity contribution in [3.63, 3.8) is 0 Å². The van der Waals surface area contributed by atoms with Crippen molar-refractivity contribution in [1.29, 1.82) is 0 Å². The van der Waals surface area contributed by atoms with Crippen molar-refractivity contribution < 1.29 is 19.5 Å². The average molecular weight is 271 g/mol. The number of carbonyl (C=O) groups is 3. The average Bonchev–Trinajstić information content (AvgIpc) is 2.25. The molecule has 0 heterocycles. The summed E-state index contributed by atoms with van der Waals surface area (Å²) in [5, 5.41) is 11.3. The second kappa shape index (κ2) is 6.96. The van der Waals surface area contributed by atoms with Crippen LogP contribution < -0.4 is 11.1 Å². The predicted octanol–water partition coefficient (Wildman–Crippen LogP) is 0.147. The molecular formula is C12H21N3O4. The first-order valence-corrected chi connectivity index (χ1v) is 6.50. The maximum Gasteiger partial charge on any atom is 0.326 e. The molecule has 1 atom stereocenters. The number of nitrogens with zero attached hydrogens (tertiary/aromatic N) is 1. The number of hydrogen-bond acceptors (Lipinski definition) is 3. The van der Waals surface area contributed by atoms with Crippen LogP contribution in [0.4, 0.5) is 4.79 Å². The van der Waals surface area contributed by atoms with Crippen LogP contribution in [0.5, 0.6) is 0 Å². The van der Waals surface area contributed by atoms with Gasteiger partial charge in [-0.3, -0.25) is 4.79 Å². The van der Waals surface area contributed by atoms with Gasteiger partial charge in [0.25, 0.3) is 0 Å². The molecule has 0 radical (unpaired) electrons. The zero-order valence-electron chi connectivity index (χ0n) is 11.1. The van der Waals surface area contributed by atoms with Crippen molar-refractivity contribution in [3.05, 3.63) is 0 Å². The van der Waals surface area contributed by atoms with Crippen LogP contribution in [0.25, 0.3) is 0 Å². The molecule has 1 saturated carbocycles. The Labute approximate surface area is 112 Å². The number of carboxylic acid groups (broad SMARTS) is 1. The van der Waals surface area contributed by atoms with E-state index in [9.17, 15) is 14.4 Å². The lowest BCUT2D eigenvalue weighted by molar-refractivity contribution is -0.141. The van der Waals surface area contributed by atoms with Crippen LogP contribution in [0, 0.1) is 5.92 Å². The minimum atomic E-state index is -1.26. The van der Waals surface area contributed by atoms with E-state index >= 15 is 0 Å². The number of amides is 3. The number of urea groups is 1. The third-order valence-electron chi connectivity index (χ3n) is 3.37. The highest BCUT2D eigenvalue weighted by Crippen LogP contribution is 2.27. The van der Waals surface area contributed by atoms with Crippen molar-refractivity contribution in [2.45, 2.75) is 38.6 Å². The van der Waals surface area contributed by atoms with E-state index in [1.54, 1.807) is 4.90 Å². The standard InChI is InChI=1S/C12H21N3O4/c1-2-15(7-8-4-3-5-8)12(19)14-9(11(17)18)6-10(13)16/h8-9H,2-7H2,1H3,(H2,13,16)(H,14,19)(H,17,18)/t9-/m1/s1. The van der Waals surface area contributed by atoms with Crippen LogP contribution in [0.2, 0.25) is 0 Å². The molecule has 0 aromatic heterocycles. The van der Waals surface area contributed by atoms with Crippen LogP contribution in [0.1, 0.15) is 32.6 Å². The molecule has 19 heavy (non-hydrogen) atoms. The Balaban J connectivity index is 2.52. The van der Waals surface area contributed by atoms with E-state index in [2.05, 4.69) is 5.32 Å². The van der Waals surface area contributed by atoms with Crippen molar-refractivity contribution in [1.82, 2.24) is 10.2 Å². The van der Waals surface area contributed by atoms with Gasteiger partial charge in [0, 0.05) is 13.1 Å². The summed E-state index contributed by atoms with van der Waals surface area (Å²) >= 11 is 0. The molecule has 1 aliphatic carbocycles. The molecule has 0 aromatic rings. The summed E-state index contributed by atoms with van der Waals surface area (Å²) in [4.78, 5) is 35.2. The second-order valence-electron chi connectivity index (χ2n) is 4.85. The van der Waals surface area contributed by atoms with Gasteiger partial charge in [-0.2, -0.15) is 0 Å². The molecule has 108 valence electrons. The number of aliphatic carboxylic acids is 1. The van der Waals surface area contributed by atoms with Crippen molar-refractivity contribution in [2.75, 3.05) is 13.1 Å². The summed E-state index contributed by atoms with van der Waals surface area (Å²) in [6.07, 6.45) is 2.99. The first-order valence-electron chi connectivity index (χ1n) is 6.50. The summed E-state index contributed by atoms with van der Waals surface area (Å²) in [5.41, 5.74) is 4.96. The van der Waals surface area contributed by atoms with Gasteiger partial charge in [0.05, 0.1) is 6.42 Å². The van der Waals surface area contributed by atoms with Gasteiger partial charge in [0.1, 0.15) is 6.04 Å². The Hall–Kier alpha value is -1.79. The number of carbonyl (C=O) groups excluding carboxylic acids is 2. The van der Waals surface area contributed by atoms with Crippen molar-refractivity contribution >= 4 is 17.9 Å². The molecular weight excluding hydrogens is 250 g/mol. The van der Waals surface area contributed by atoms with E-state index in [0.717, 1.165) is 12.8 Å². The molecule has 1 fully saturated rings. The zero-order chi connectivity index (χ0) is 14.4. The van der Waals surface area contributed by atoms with E-state index in [-0.39, 0.29) is 0 Å². The SMILES string of the molecule is CCN(CC1CCC1)C(=O)N[C@H](CC(N)=O)C(=O)O. The van der Waals surface area contributed by atoms with E-state index in [1.807, 2.05) is 6.92 Å². The molecule has 4 N–H and O–H groups in total. The molecule has 0 saturated heterocycles. The van der Waals surface area contributed by atoms with Gasteiger partial charge in [-0.1, -0.05) is 6.42 Å². The number of hydrogen-bond donors (Lipinski definition) is 3. The first-order chi connectivity index (χ1) is 8.93. The second-order valence-corrected chi connectivity index (χ2v) is 4.85. The third-order valence-corrected chi connectivity index (χ3v) is 3.37. The minimum absolute atomic E-state index is 0.401. The number of nitrogens with two attached hydrogens (primary N) is 1. The number of primary amides is 1. The lowest BCUT2D eigenvalue weighted by Gasteiger charge is -2.32. The summed E-state index contributed by atoms with van der Waals surface area (Å²) in [5.74, 6) is -1.51. The smallest absolute Gasteiger partial charge is 0.326 e. The van der Waals surface area contributed by atoms with Gasteiger partial charge in [-0.05, 0) is 25.7 Å².